The Morgan fingerprint density at radius 2 is 1.93 bits per heavy atom. The van der Waals surface area contributed by atoms with Crippen molar-refractivity contribution in [3.05, 3.63) is 23.5 Å². The van der Waals surface area contributed by atoms with Crippen LogP contribution in [0.1, 0.15) is 36.6 Å². The van der Waals surface area contributed by atoms with Crippen LogP contribution in [0.25, 0.3) is 0 Å². The molecule has 0 aromatic carbocycles. The van der Waals surface area contributed by atoms with Gasteiger partial charge in [0.1, 0.15) is 5.69 Å². The molecule has 1 heterocycles. The number of nitrogens with zero attached hydrogens (tertiary/aromatic N) is 1. The summed E-state index contributed by atoms with van der Waals surface area (Å²) >= 11 is 0. The fourth-order valence-electron chi connectivity index (χ4n) is 1.63. The molecule has 0 bridgehead atoms. The lowest BCUT2D eigenvalue weighted by molar-refractivity contribution is -0.141. The van der Waals surface area contributed by atoms with Gasteiger partial charge in [0.2, 0.25) is 0 Å². The van der Waals surface area contributed by atoms with Crippen LogP contribution in [-0.4, -0.2) is 4.98 Å². The van der Waals surface area contributed by atoms with E-state index < -0.39 is 11.9 Å². The fourth-order valence-corrected chi connectivity index (χ4v) is 1.63. The molecule has 1 aromatic heterocycles. The van der Waals surface area contributed by atoms with E-state index in [1.165, 1.54) is 0 Å². The van der Waals surface area contributed by atoms with Gasteiger partial charge in [-0.15, -0.1) is 0 Å². The second-order valence-electron chi connectivity index (χ2n) is 3.84. The maximum Gasteiger partial charge on any atom is 0.433 e. The van der Waals surface area contributed by atoms with Crippen LogP contribution < -0.4 is 5.73 Å². The highest BCUT2D eigenvalue weighted by Crippen LogP contribution is 2.38. The molecule has 15 heavy (non-hydrogen) atoms. The minimum absolute atomic E-state index is 0.138. The van der Waals surface area contributed by atoms with Crippen LogP contribution in [0.15, 0.2) is 12.1 Å². The van der Waals surface area contributed by atoms with Gasteiger partial charge >= 0.3 is 6.18 Å². The molecule has 1 aromatic rings. The molecule has 0 saturated heterocycles. The summed E-state index contributed by atoms with van der Waals surface area (Å²) in [5, 5.41) is 0. The Bertz CT molecular complexity index is 369. The minimum atomic E-state index is -4.41. The highest BCUT2D eigenvalue weighted by molar-refractivity contribution is 5.42. The standard InChI is InChI=1S/C10H11F3N2/c11-10(12,13)9-5-7(14)4-8(15-9)6-2-1-3-6/h4-6H,1-3H2,(H2,14,15). The minimum Gasteiger partial charge on any atom is -0.399 e. The van der Waals surface area contributed by atoms with E-state index in [-0.39, 0.29) is 11.6 Å². The molecular formula is C10H11F3N2. The number of aromatic nitrogens is 1. The van der Waals surface area contributed by atoms with Gasteiger partial charge in [-0.1, -0.05) is 6.42 Å². The van der Waals surface area contributed by atoms with Crippen molar-refractivity contribution in [2.45, 2.75) is 31.4 Å². The van der Waals surface area contributed by atoms with Crippen molar-refractivity contribution in [3.8, 4) is 0 Å². The van der Waals surface area contributed by atoms with Crippen LogP contribution in [-0.2, 0) is 6.18 Å². The second-order valence-corrected chi connectivity index (χ2v) is 3.84. The molecule has 0 unspecified atom stereocenters. The number of anilines is 1. The lowest BCUT2D eigenvalue weighted by atomic mass is 9.82. The smallest absolute Gasteiger partial charge is 0.399 e. The van der Waals surface area contributed by atoms with E-state index in [1.54, 1.807) is 6.07 Å². The van der Waals surface area contributed by atoms with Crippen LogP contribution >= 0.6 is 0 Å². The average molecular weight is 216 g/mol. The first-order valence-corrected chi connectivity index (χ1v) is 4.81. The van der Waals surface area contributed by atoms with Crippen molar-refractivity contribution in [1.82, 2.24) is 4.98 Å². The summed E-state index contributed by atoms with van der Waals surface area (Å²) in [5.41, 5.74) is 5.17. The number of halogens is 3. The van der Waals surface area contributed by atoms with Crippen molar-refractivity contribution in [3.63, 3.8) is 0 Å². The highest BCUT2D eigenvalue weighted by Gasteiger charge is 2.34. The van der Waals surface area contributed by atoms with Crippen molar-refractivity contribution in [2.24, 2.45) is 0 Å². The number of nitrogen functional groups attached to an aromatic ring is 1. The zero-order chi connectivity index (χ0) is 11.1. The summed E-state index contributed by atoms with van der Waals surface area (Å²) in [6.07, 6.45) is -1.53. The van der Waals surface area contributed by atoms with Crippen molar-refractivity contribution >= 4 is 5.69 Å². The van der Waals surface area contributed by atoms with E-state index in [0.29, 0.717) is 5.69 Å². The Balaban J connectivity index is 2.36. The summed E-state index contributed by atoms with van der Waals surface area (Å²) in [5.74, 6) is 0.162. The van der Waals surface area contributed by atoms with E-state index in [2.05, 4.69) is 4.98 Å². The van der Waals surface area contributed by atoms with E-state index in [1.807, 2.05) is 0 Å². The van der Waals surface area contributed by atoms with Gasteiger partial charge in [0.25, 0.3) is 0 Å². The van der Waals surface area contributed by atoms with Crippen LogP contribution in [0.3, 0.4) is 0 Å². The third kappa shape index (κ3) is 2.06. The van der Waals surface area contributed by atoms with Gasteiger partial charge < -0.3 is 5.73 Å². The molecule has 2 N–H and O–H groups in total. The predicted octanol–water partition coefficient (Wildman–Crippen LogP) is 2.95. The summed E-state index contributed by atoms with van der Waals surface area (Å²) in [6, 6.07) is 2.42. The monoisotopic (exact) mass is 216 g/mol. The predicted molar refractivity (Wildman–Crippen MR) is 50.2 cm³/mol. The Morgan fingerprint density at radius 3 is 2.40 bits per heavy atom. The van der Waals surface area contributed by atoms with Crippen molar-refractivity contribution in [1.29, 1.82) is 0 Å². The molecule has 0 aliphatic heterocycles. The topological polar surface area (TPSA) is 38.9 Å². The molecule has 2 nitrogen and oxygen atoms in total. The molecular weight excluding hydrogens is 205 g/mol. The second kappa shape index (κ2) is 3.40. The van der Waals surface area contributed by atoms with Crippen LogP contribution in [0, 0.1) is 0 Å². The molecule has 0 radical (unpaired) electrons. The average Bonchev–Trinajstić information content (AvgIpc) is 1.97. The molecule has 82 valence electrons. The molecule has 0 amide bonds. The van der Waals surface area contributed by atoms with Gasteiger partial charge in [0.15, 0.2) is 0 Å². The summed E-state index contributed by atoms with van der Waals surface area (Å²) in [6.45, 7) is 0. The molecule has 0 spiro atoms. The number of rotatable bonds is 1. The van der Waals surface area contributed by atoms with Crippen molar-refractivity contribution in [2.75, 3.05) is 5.73 Å². The quantitative estimate of drug-likeness (QED) is 0.783. The molecule has 1 fully saturated rings. The van der Waals surface area contributed by atoms with Gasteiger partial charge in [-0.3, -0.25) is 0 Å². The number of nitrogens with two attached hydrogens (primary N) is 1. The number of alkyl halides is 3. The zero-order valence-electron chi connectivity index (χ0n) is 8.01. The lowest BCUT2D eigenvalue weighted by Gasteiger charge is -2.25. The first kappa shape index (κ1) is 10.3. The van der Waals surface area contributed by atoms with Gasteiger partial charge in [-0.2, -0.15) is 13.2 Å². The fraction of sp³-hybridized carbons (Fsp3) is 0.500. The Labute approximate surface area is 85.3 Å². The van der Waals surface area contributed by atoms with Gasteiger partial charge in [-0.05, 0) is 25.0 Å². The lowest BCUT2D eigenvalue weighted by Crippen LogP contribution is -2.15. The third-order valence-corrected chi connectivity index (χ3v) is 2.68. The largest absolute Gasteiger partial charge is 0.433 e. The maximum absolute atomic E-state index is 12.4. The Hall–Kier alpha value is -1.26. The normalized spacial score (nSPS) is 17.5. The van der Waals surface area contributed by atoms with Crippen LogP contribution in [0.4, 0.5) is 18.9 Å². The van der Waals surface area contributed by atoms with E-state index >= 15 is 0 Å². The first-order valence-electron chi connectivity index (χ1n) is 4.81. The SMILES string of the molecule is Nc1cc(C2CCC2)nc(C(F)(F)F)c1. The van der Waals surface area contributed by atoms with Crippen LogP contribution in [0.5, 0.6) is 0 Å². The Morgan fingerprint density at radius 1 is 1.27 bits per heavy atom. The Kier molecular flexibility index (Phi) is 2.32. The molecule has 0 atom stereocenters. The summed E-state index contributed by atoms with van der Waals surface area (Å²) in [7, 11) is 0. The first-order chi connectivity index (χ1) is 6.97. The zero-order valence-corrected chi connectivity index (χ0v) is 8.01. The summed E-state index contributed by atoms with van der Waals surface area (Å²) < 4.78 is 37.2. The van der Waals surface area contributed by atoms with E-state index in [9.17, 15) is 13.2 Å². The molecule has 1 saturated carbocycles. The van der Waals surface area contributed by atoms with E-state index in [0.717, 1.165) is 25.3 Å². The molecule has 1 aliphatic carbocycles. The maximum atomic E-state index is 12.4. The molecule has 2 rings (SSSR count). The van der Waals surface area contributed by atoms with Gasteiger partial charge in [-0.25, -0.2) is 4.98 Å². The van der Waals surface area contributed by atoms with Gasteiger partial charge in [0, 0.05) is 17.3 Å². The van der Waals surface area contributed by atoms with E-state index in [4.69, 9.17) is 5.73 Å². The van der Waals surface area contributed by atoms with Gasteiger partial charge in [0.05, 0.1) is 0 Å². The molecule has 1 aliphatic rings. The van der Waals surface area contributed by atoms with Crippen LogP contribution in [0.2, 0.25) is 0 Å². The number of pyridine rings is 1. The number of hydrogen-bond donors (Lipinski definition) is 1. The third-order valence-electron chi connectivity index (χ3n) is 2.68. The summed E-state index contributed by atoms with van der Waals surface area (Å²) in [4.78, 5) is 3.62. The van der Waals surface area contributed by atoms with Crippen molar-refractivity contribution < 1.29 is 13.2 Å². The molecule has 5 heteroatoms. The number of hydrogen-bond acceptors (Lipinski definition) is 2. The highest BCUT2D eigenvalue weighted by atomic mass is 19.4.